The number of halogens is 1. The van der Waals surface area contributed by atoms with Crippen molar-refractivity contribution in [3.63, 3.8) is 0 Å². The number of nitrogens with zero attached hydrogens (tertiary/aromatic N) is 5. The lowest BCUT2D eigenvalue weighted by Crippen LogP contribution is -2.11. The van der Waals surface area contributed by atoms with Gasteiger partial charge in [-0.25, -0.2) is 9.07 Å². The topological polar surface area (TPSA) is 148 Å². The van der Waals surface area contributed by atoms with Crippen molar-refractivity contribution in [1.29, 1.82) is 0 Å². The number of hydrogen-bond acceptors (Lipinski definition) is 8. The van der Waals surface area contributed by atoms with E-state index in [1.54, 1.807) is 4.68 Å². The van der Waals surface area contributed by atoms with Crippen LogP contribution in [0.1, 0.15) is 33.2 Å². The van der Waals surface area contributed by atoms with Crippen LogP contribution in [0, 0.1) is 11.7 Å². The summed E-state index contributed by atoms with van der Waals surface area (Å²) in [4.78, 5) is 12.4. The highest BCUT2D eigenvalue weighted by Gasteiger charge is 2.24. The Kier molecular flexibility index (Phi) is 4.06. The molecule has 3 heterocycles. The maximum atomic E-state index is 14.9. The fourth-order valence-corrected chi connectivity index (χ4v) is 3.51. The van der Waals surface area contributed by atoms with Gasteiger partial charge in [0, 0.05) is 11.6 Å². The molecule has 0 aliphatic rings. The fourth-order valence-electron chi connectivity index (χ4n) is 3.51. The Bertz CT molecular complexity index is 1200. The molecule has 0 fully saturated rings. The first-order valence-corrected chi connectivity index (χ1v) is 8.91. The van der Waals surface area contributed by atoms with Gasteiger partial charge in [-0.05, 0) is 25.3 Å². The average Bonchev–Trinajstić information content (AvgIpc) is 3.12. The van der Waals surface area contributed by atoms with Gasteiger partial charge < -0.3 is 21.6 Å². The number of fused-ring (bicyclic) bond motifs is 2. The minimum Gasteiger partial charge on any atom is -0.424 e. The minimum atomic E-state index is -0.539. The molecule has 0 aliphatic heterocycles. The fraction of sp³-hybridized carbons (Fsp3) is 0.333. The average molecular weight is 384 g/mol. The molecule has 0 amide bonds. The summed E-state index contributed by atoms with van der Waals surface area (Å²) in [6.45, 7) is 6.25. The van der Waals surface area contributed by atoms with E-state index in [2.05, 4.69) is 33.9 Å². The highest BCUT2D eigenvalue weighted by molar-refractivity contribution is 6.00. The summed E-state index contributed by atoms with van der Waals surface area (Å²) in [7, 11) is 0. The predicted octanol–water partition coefficient (Wildman–Crippen LogP) is 3.13. The molecule has 0 spiro atoms. The zero-order chi connectivity index (χ0) is 20.2. The largest absolute Gasteiger partial charge is 0.424 e. The van der Waals surface area contributed by atoms with Crippen LogP contribution in [0.3, 0.4) is 0 Å². The molecular weight excluding hydrogens is 363 g/mol. The molecule has 3 aromatic heterocycles. The first kappa shape index (κ1) is 18.0. The predicted molar refractivity (Wildman–Crippen MR) is 106 cm³/mol. The lowest BCUT2D eigenvalue weighted by atomic mass is 10.1. The van der Waals surface area contributed by atoms with Gasteiger partial charge in [-0.3, -0.25) is 0 Å². The quantitative estimate of drug-likeness (QED) is 0.486. The van der Waals surface area contributed by atoms with Gasteiger partial charge in [0.25, 0.3) is 6.01 Å². The van der Waals surface area contributed by atoms with Gasteiger partial charge in [-0.1, -0.05) is 13.8 Å². The lowest BCUT2D eigenvalue weighted by Gasteiger charge is -2.15. The molecule has 6 N–H and O–H groups in total. The number of nitrogen functional groups attached to an aromatic ring is 3. The standard InChI is InChI=1S/C18H21FN8O/c1-7(2)4-8(3)27-16-13(15(20)24-17(21)25-16)14(26-27)9-5-11-12(6-10(9)19)28-18(22)23-11/h5-8H,4H2,1-3H3,(H2,22,23)(H4,20,21,24,25). The molecule has 0 radical (unpaired) electrons. The van der Waals surface area contributed by atoms with E-state index in [0.29, 0.717) is 28.2 Å². The second-order valence-corrected chi connectivity index (χ2v) is 7.29. The van der Waals surface area contributed by atoms with Crippen LogP contribution in [-0.2, 0) is 0 Å². The lowest BCUT2D eigenvalue weighted by molar-refractivity contribution is 0.406. The normalized spacial score (nSPS) is 13.0. The van der Waals surface area contributed by atoms with Gasteiger partial charge in [0.15, 0.2) is 11.2 Å². The molecule has 0 bridgehead atoms. The molecule has 4 rings (SSSR count). The van der Waals surface area contributed by atoms with Crippen molar-refractivity contribution in [1.82, 2.24) is 24.7 Å². The highest BCUT2D eigenvalue weighted by atomic mass is 19.1. The van der Waals surface area contributed by atoms with Crippen LogP contribution in [0.15, 0.2) is 16.5 Å². The van der Waals surface area contributed by atoms with Crippen molar-refractivity contribution < 1.29 is 8.81 Å². The Morgan fingerprint density at radius 1 is 1.11 bits per heavy atom. The summed E-state index contributed by atoms with van der Waals surface area (Å²) in [5.74, 6) is 0.0673. The number of hydrogen-bond donors (Lipinski definition) is 3. The van der Waals surface area contributed by atoms with Gasteiger partial charge in [-0.15, -0.1) is 0 Å². The molecule has 4 aromatic rings. The number of oxazole rings is 1. The molecule has 0 aliphatic carbocycles. The second-order valence-electron chi connectivity index (χ2n) is 7.29. The molecule has 1 unspecified atom stereocenters. The SMILES string of the molecule is CC(C)CC(C)n1nc(-c2cc3nc(N)oc3cc2F)c2c(N)nc(N)nc21. The maximum absolute atomic E-state index is 14.9. The summed E-state index contributed by atoms with van der Waals surface area (Å²) < 4.78 is 21.8. The van der Waals surface area contributed by atoms with E-state index in [1.165, 1.54) is 12.1 Å². The Morgan fingerprint density at radius 2 is 1.86 bits per heavy atom. The number of nitrogens with two attached hydrogens (primary N) is 3. The minimum absolute atomic E-state index is 0.000521. The third-order valence-electron chi connectivity index (χ3n) is 4.58. The summed E-state index contributed by atoms with van der Waals surface area (Å²) >= 11 is 0. The van der Waals surface area contributed by atoms with Gasteiger partial charge in [-0.2, -0.15) is 20.1 Å². The monoisotopic (exact) mass is 384 g/mol. The van der Waals surface area contributed by atoms with Crippen LogP contribution < -0.4 is 17.2 Å². The van der Waals surface area contributed by atoms with Gasteiger partial charge in [0.05, 0.1) is 11.4 Å². The highest BCUT2D eigenvalue weighted by Crippen LogP contribution is 2.36. The zero-order valence-corrected chi connectivity index (χ0v) is 15.8. The third-order valence-corrected chi connectivity index (χ3v) is 4.58. The van der Waals surface area contributed by atoms with E-state index in [9.17, 15) is 4.39 Å². The first-order valence-electron chi connectivity index (χ1n) is 8.91. The summed E-state index contributed by atoms with van der Waals surface area (Å²) in [6.07, 6.45) is 0.849. The van der Waals surface area contributed by atoms with Crippen LogP contribution >= 0.6 is 0 Å². The van der Waals surface area contributed by atoms with Crippen molar-refractivity contribution in [2.45, 2.75) is 33.2 Å². The van der Waals surface area contributed by atoms with Crippen LogP contribution in [0.2, 0.25) is 0 Å². The molecule has 0 saturated carbocycles. The molecule has 28 heavy (non-hydrogen) atoms. The Labute approximate surface area is 159 Å². The van der Waals surface area contributed by atoms with E-state index >= 15 is 0 Å². The van der Waals surface area contributed by atoms with Crippen molar-refractivity contribution in [3.8, 4) is 11.3 Å². The van der Waals surface area contributed by atoms with E-state index in [-0.39, 0.29) is 35.0 Å². The third kappa shape index (κ3) is 2.86. The zero-order valence-electron chi connectivity index (χ0n) is 15.8. The van der Waals surface area contributed by atoms with Gasteiger partial charge in [0.1, 0.15) is 22.8 Å². The van der Waals surface area contributed by atoms with Crippen LogP contribution in [0.5, 0.6) is 0 Å². The van der Waals surface area contributed by atoms with Crippen molar-refractivity contribution in [2.24, 2.45) is 5.92 Å². The van der Waals surface area contributed by atoms with Crippen molar-refractivity contribution in [2.75, 3.05) is 17.2 Å². The van der Waals surface area contributed by atoms with E-state index in [4.69, 9.17) is 21.6 Å². The molecule has 1 aromatic carbocycles. The number of anilines is 3. The van der Waals surface area contributed by atoms with Crippen molar-refractivity contribution >= 4 is 39.9 Å². The Hall–Kier alpha value is -3.43. The molecule has 10 heteroatoms. The van der Waals surface area contributed by atoms with Crippen LogP contribution in [0.25, 0.3) is 33.4 Å². The Balaban J connectivity index is 2.00. The number of aromatic nitrogens is 5. The van der Waals surface area contributed by atoms with E-state index in [0.717, 1.165) is 6.42 Å². The Morgan fingerprint density at radius 3 is 2.57 bits per heavy atom. The second kappa shape index (κ2) is 6.32. The summed E-state index contributed by atoms with van der Waals surface area (Å²) in [5, 5.41) is 5.08. The first-order chi connectivity index (χ1) is 13.2. The van der Waals surface area contributed by atoms with Crippen molar-refractivity contribution in [3.05, 3.63) is 17.9 Å². The summed E-state index contributed by atoms with van der Waals surface area (Å²) in [5.41, 5.74) is 19.2. The molecule has 9 nitrogen and oxygen atoms in total. The smallest absolute Gasteiger partial charge is 0.292 e. The number of benzene rings is 1. The van der Waals surface area contributed by atoms with Crippen LogP contribution in [0.4, 0.5) is 22.2 Å². The molecule has 0 saturated heterocycles. The molecular formula is C18H21FN8O. The maximum Gasteiger partial charge on any atom is 0.292 e. The van der Waals surface area contributed by atoms with E-state index in [1.807, 2.05) is 6.92 Å². The summed E-state index contributed by atoms with van der Waals surface area (Å²) in [6, 6.07) is 2.71. The van der Waals surface area contributed by atoms with Gasteiger partial charge >= 0.3 is 0 Å². The molecule has 1 atom stereocenters. The van der Waals surface area contributed by atoms with Gasteiger partial charge in [0.2, 0.25) is 5.95 Å². The molecule has 146 valence electrons. The van der Waals surface area contributed by atoms with Crippen LogP contribution in [-0.4, -0.2) is 24.7 Å². The number of rotatable bonds is 4. The van der Waals surface area contributed by atoms with E-state index < -0.39 is 5.82 Å².